The summed E-state index contributed by atoms with van der Waals surface area (Å²) in [4.78, 5) is 0. The Morgan fingerprint density at radius 1 is 1.04 bits per heavy atom. The predicted octanol–water partition coefficient (Wildman–Crippen LogP) is 4.31. The van der Waals surface area contributed by atoms with Crippen molar-refractivity contribution in [2.75, 3.05) is 0 Å². The van der Waals surface area contributed by atoms with Crippen LogP contribution >= 0.6 is 0 Å². The van der Waals surface area contributed by atoms with Gasteiger partial charge in [0, 0.05) is 17.2 Å². The molecule has 3 rings (SSSR count). The molecule has 0 spiro atoms. The molecule has 1 aliphatic carbocycles. The van der Waals surface area contributed by atoms with Crippen molar-refractivity contribution >= 4 is 0 Å². The number of hydrogen-bond acceptors (Lipinski definition) is 4. The molecule has 0 heterocycles. The van der Waals surface area contributed by atoms with Crippen molar-refractivity contribution in [3.63, 3.8) is 0 Å². The molecule has 0 unspecified atom stereocenters. The lowest BCUT2D eigenvalue weighted by Crippen LogP contribution is -2.49. The van der Waals surface area contributed by atoms with E-state index in [0.29, 0.717) is 12.1 Å². The lowest BCUT2D eigenvalue weighted by atomic mass is 9.98. The minimum atomic E-state index is -5.50. The SMILES string of the molecule is N#Cc1cc(F)cc(Oc2ccc3c(c2C(F)F)C(O)(O)C(F)(F)C3(F)F)c1. The van der Waals surface area contributed by atoms with Gasteiger partial charge in [-0.1, -0.05) is 0 Å². The van der Waals surface area contributed by atoms with Crippen LogP contribution in [0.2, 0.25) is 0 Å². The van der Waals surface area contributed by atoms with Crippen LogP contribution in [0.15, 0.2) is 30.3 Å². The number of alkyl halides is 6. The van der Waals surface area contributed by atoms with Crippen molar-refractivity contribution < 1.29 is 45.7 Å². The normalized spacial score (nSPS) is 18.6. The Bertz CT molecular complexity index is 999. The molecule has 28 heavy (non-hydrogen) atoms. The fourth-order valence-corrected chi connectivity index (χ4v) is 2.90. The van der Waals surface area contributed by atoms with E-state index in [1.54, 1.807) is 6.07 Å². The van der Waals surface area contributed by atoms with Crippen molar-refractivity contribution in [1.82, 2.24) is 0 Å². The van der Waals surface area contributed by atoms with Crippen molar-refractivity contribution in [3.8, 4) is 17.6 Å². The summed E-state index contributed by atoms with van der Waals surface area (Å²) in [6, 6.07) is 4.70. The third-order valence-corrected chi connectivity index (χ3v) is 4.17. The highest BCUT2D eigenvalue weighted by molar-refractivity contribution is 5.56. The van der Waals surface area contributed by atoms with Crippen LogP contribution < -0.4 is 4.74 Å². The van der Waals surface area contributed by atoms with Crippen LogP contribution in [0.5, 0.6) is 11.5 Å². The van der Waals surface area contributed by atoms with Gasteiger partial charge in [0.2, 0.25) is 0 Å². The highest BCUT2D eigenvalue weighted by atomic mass is 19.3. The highest BCUT2D eigenvalue weighted by Gasteiger charge is 2.77. The Morgan fingerprint density at radius 2 is 1.68 bits per heavy atom. The molecular formula is C17H8F7NO3. The summed E-state index contributed by atoms with van der Waals surface area (Å²) < 4.78 is 101. The number of fused-ring (bicyclic) bond motifs is 1. The number of halogens is 7. The summed E-state index contributed by atoms with van der Waals surface area (Å²) >= 11 is 0. The first-order valence-corrected chi connectivity index (χ1v) is 7.39. The van der Waals surface area contributed by atoms with Crippen molar-refractivity contribution in [2.24, 2.45) is 0 Å². The first-order valence-electron chi connectivity index (χ1n) is 7.39. The second kappa shape index (κ2) is 6.08. The molecule has 0 aromatic heterocycles. The molecule has 0 atom stereocenters. The molecule has 2 aromatic carbocycles. The van der Waals surface area contributed by atoms with Gasteiger partial charge in [0.25, 0.3) is 12.2 Å². The molecule has 148 valence electrons. The van der Waals surface area contributed by atoms with E-state index in [4.69, 9.17) is 10.00 Å². The average Bonchev–Trinajstić information content (AvgIpc) is 2.69. The predicted molar refractivity (Wildman–Crippen MR) is 77.5 cm³/mol. The molecule has 0 aliphatic heterocycles. The Hall–Kier alpha value is -2.84. The zero-order chi connectivity index (χ0) is 21.1. The minimum absolute atomic E-state index is 0.272. The van der Waals surface area contributed by atoms with Gasteiger partial charge in [-0.2, -0.15) is 22.8 Å². The van der Waals surface area contributed by atoms with Gasteiger partial charge in [0.15, 0.2) is 0 Å². The third-order valence-electron chi connectivity index (χ3n) is 4.17. The molecule has 0 amide bonds. The maximum absolute atomic E-state index is 13.9. The van der Waals surface area contributed by atoms with E-state index in [1.807, 2.05) is 0 Å². The van der Waals surface area contributed by atoms with Gasteiger partial charge >= 0.3 is 11.8 Å². The van der Waals surface area contributed by atoms with Crippen LogP contribution in [0.3, 0.4) is 0 Å². The Labute approximate surface area is 152 Å². The van der Waals surface area contributed by atoms with Gasteiger partial charge in [0.05, 0.1) is 17.2 Å². The van der Waals surface area contributed by atoms with Gasteiger partial charge < -0.3 is 14.9 Å². The zero-order valence-electron chi connectivity index (χ0n) is 13.4. The maximum atomic E-state index is 13.9. The topological polar surface area (TPSA) is 73.5 Å². The van der Waals surface area contributed by atoms with Gasteiger partial charge in [-0.15, -0.1) is 0 Å². The fraction of sp³-hybridized carbons (Fsp3) is 0.235. The van der Waals surface area contributed by atoms with Crippen LogP contribution in [-0.2, 0) is 11.7 Å². The number of rotatable bonds is 3. The van der Waals surface area contributed by atoms with Gasteiger partial charge in [-0.25, -0.2) is 13.2 Å². The van der Waals surface area contributed by atoms with Crippen LogP contribution in [0.25, 0.3) is 0 Å². The third kappa shape index (κ3) is 2.60. The fourth-order valence-electron chi connectivity index (χ4n) is 2.90. The van der Waals surface area contributed by atoms with Crippen LogP contribution in [0, 0.1) is 17.1 Å². The van der Waals surface area contributed by atoms with Crippen molar-refractivity contribution in [3.05, 3.63) is 58.4 Å². The van der Waals surface area contributed by atoms with E-state index >= 15 is 0 Å². The summed E-state index contributed by atoms with van der Waals surface area (Å²) in [5, 5.41) is 28.0. The molecule has 0 saturated carbocycles. The van der Waals surface area contributed by atoms with E-state index in [0.717, 1.165) is 12.1 Å². The standard InChI is InChI=1S/C17H8F7NO3/c18-8-3-7(6-25)4-9(5-8)28-11-2-1-10-13(12(11)14(19)20)16(26,27)17(23,24)15(10,21)22/h1-5,14,26-27H. The summed E-state index contributed by atoms with van der Waals surface area (Å²) in [5.41, 5.74) is -5.40. The Kier molecular flexibility index (Phi) is 4.32. The number of hydrogen-bond donors (Lipinski definition) is 2. The second-order valence-electron chi connectivity index (χ2n) is 5.91. The highest BCUT2D eigenvalue weighted by Crippen LogP contribution is 2.62. The molecule has 0 fully saturated rings. The van der Waals surface area contributed by atoms with Crippen LogP contribution in [0.1, 0.15) is 28.7 Å². The minimum Gasteiger partial charge on any atom is -0.457 e. The van der Waals surface area contributed by atoms with E-state index in [9.17, 15) is 40.9 Å². The molecule has 11 heteroatoms. The quantitative estimate of drug-likeness (QED) is 0.588. The van der Waals surface area contributed by atoms with Crippen LogP contribution in [0.4, 0.5) is 30.7 Å². The molecule has 2 aromatic rings. The number of aliphatic hydroxyl groups is 2. The Morgan fingerprint density at radius 3 is 2.25 bits per heavy atom. The molecule has 0 bridgehead atoms. The molecule has 0 radical (unpaired) electrons. The second-order valence-corrected chi connectivity index (χ2v) is 5.91. The van der Waals surface area contributed by atoms with Crippen molar-refractivity contribution in [2.45, 2.75) is 24.1 Å². The molecule has 0 saturated heterocycles. The smallest absolute Gasteiger partial charge is 0.371 e. The summed E-state index contributed by atoms with van der Waals surface area (Å²) in [6.45, 7) is 0. The van der Waals surface area contributed by atoms with Gasteiger partial charge in [0.1, 0.15) is 17.3 Å². The lowest BCUT2D eigenvalue weighted by Gasteiger charge is -2.28. The molecule has 1 aliphatic rings. The van der Waals surface area contributed by atoms with E-state index < -0.39 is 58.1 Å². The number of nitrogens with zero attached hydrogens (tertiary/aromatic N) is 1. The molecular weight excluding hydrogens is 399 g/mol. The largest absolute Gasteiger partial charge is 0.457 e. The first kappa shape index (κ1) is 19.9. The monoisotopic (exact) mass is 407 g/mol. The number of nitriles is 1. The summed E-state index contributed by atoms with van der Waals surface area (Å²) in [6.07, 6.45) is -3.74. The first-order chi connectivity index (χ1) is 12.8. The summed E-state index contributed by atoms with van der Waals surface area (Å²) in [5.74, 6) is -17.8. The van der Waals surface area contributed by atoms with Crippen molar-refractivity contribution in [1.29, 1.82) is 5.26 Å². The van der Waals surface area contributed by atoms with E-state index in [-0.39, 0.29) is 11.6 Å². The number of benzene rings is 2. The van der Waals surface area contributed by atoms with Crippen LogP contribution in [-0.4, -0.2) is 16.1 Å². The van der Waals surface area contributed by atoms with E-state index in [1.165, 1.54) is 0 Å². The number of ether oxygens (including phenoxy) is 1. The summed E-state index contributed by atoms with van der Waals surface area (Å²) in [7, 11) is 0. The average molecular weight is 407 g/mol. The Balaban J connectivity index is 2.23. The van der Waals surface area contributed by atoms with Gasteiger partial charge in [-0.3, -0.25) is 0 Å². The maximum Gasteiger partial charge on any atom is 0.371 e. The van der Waals surface area contributed by atoms with Gasteiger partial charge in [-0.05, 0) is 24.3 Å². The lowest BCUT2D eigenvalue weighted by molar-refractivity contribution is -0.358. The molecule has 2 N–H and O–H groups in total. The zero-order valence-corrected chi connectivity index (χ0v) is 13.4. The molecule has 4 nitrogen and oxygen atoms in total. The van der Waals surface area contributed by atoms with E-state index in [2.05, 4.69) is 0 Å².